The number of carbonyl (C=O) groups excluding carboxylic acids is 2. The molecule has 4 heteroatoms. The van der Waals surface area contributed by atoms with E-state index in [-0.39, 0.29) is 23.3 Å². The third-order valence-corrected chi connectivity index (χ3v) is 3.34. The minimum absolute atomic E-state index is 0.0771. The van der Waals surface area contributed by atoms with Crippen LogP contribution in [0.5, 0.6) is 0 Å². The maximum atomic E-state index is 12.3. The minimum atomic E-state index is -0.276. The highest BCUT2D eigenvalue weighted by Crippen LogP contribution is 2.36. The Morgan fingerprint density at radius 2 is 1.71 bits per heavy atom. The third-order valence-electron chi connectivity index (χ3n) is 2.77. The van der Waals surface area contributed by atoms with Crippen LogP contribution in [0.25, 0.3) is 0 Å². The summed E-state index contributed by atoms with van der Waals surface area (Å²) in [5.74, 6) is 0.395. The maximum Gasteiger partial charge on any atom is 0.258 e. The van der Waals surface area contributed by atoms with Gasteiger partial charge >= 0.3 is 0 Å². The fourth-order valence-electron chi connectivity index (χ4n) is 2.11. The molecule has 0 atom stereocenters. The van der Waals surface area contributed by atoms with Crippen LogP contribution in [0.15, 0.2) is 11.1 Å². The number of imide groups is 1. The summed E-state index contributed by atoms with van der Waals surface area (Å²) in [4.78, 5) is 25.9. The quantitative estimate of drug-likeness (QED) is 0.727. The van der Waals surface area contributed by atoms with Crippen LogP contribution >= 0.6 is 11.8 Å². The predicted molar refractivity (Wildman–Crippen MR) is 71.9 cm³/mol. The van der Waals surface area contributed by atoms with E-state index in [2.05, 4.69) is 0 Å². The van der Waals surface area contributed by atoms with Crippen LogP contribution in [0.4, 0.5) is 0 Å². The highest BCUT2D eigenvalue weighted by atomic mass is 32.2. The van der Waals surface area contributed by atoms with Crippen molar-refractivity contribution in [3.63, 3.8) is 0 Å². The molecule has 0 spiro atoms. The fraction of sp³-hybridized carbons (Fsp3) is 0.692. The van der Waals surface area contributed by atoms with Crippen LogP contribution in [-0.4, -0.2) is 34.8 Å². The third kappa shape index (κ3) is 2.57. The van der Waals surface area contributed by atoms with E-state index in [0.717, 1.165) is 0 Å². The molecule has 0 saturated carbocycles. The van der Waals surface area contributed by atoms with Gasteiger partial charge in [0.1, 0.15) is 0 Å². The summed E-state index contributed by atoms with van der Waals surface area (Å²) >= 11 is 1.58. The molecule has 0 N–H and O–H groups in total. The SMILES string of the molecule is CSCC1=C(C(C)(C)C)C(=O)N(C(C)C)C1=O. The molecule has 0 saturated heterocycles. The van der Waals surface area contributed by atoms with Crippen LogP contribution in [0, 0.1) is 5.41 Å². The molecule has 96 valence electrons. The van der Waals surface area contributed by atoms with Gasteiger partial charge < -0.3 is 0 Å². The van der Waals surface area contributed by atoms with Crippen LogP contribution in [0.1, 0.15) is 34.6 Å². The average Bonchev–Trinajstić information content (AvgIpc) is 2.37. The van der Waals surface area contributed by atoms with Gasteiger partial charge in [-0.15, -0.1) is 0 Å². The molecule has 0 bridgehead atoms. The average molecular weight is 255 g/mol. The first-order valence-electron chi connectivity index (χ1n) is 5.82. The summed E-state index contributed by atoms with van der Waals surface area (Å²) in [5, 5.41) is 0. The van der Waals surface area contributed by atoms with Crippen molar-refractivity contribution in [3.8, 4) is 0 Å². The summed E-state index contributed by atoms with van der Waals surface area (Å²) in [6, 6.07) is -0.0771. The first kappa shape index (κ1) is 14.3. The number of carbonyl (C=O) groups is 2. The van der Waals surface area contributed by atoms with Crippen molar-refractivity contribution in [1.82, 2.24) is 4.90 Å². The van der Waals surface area contributed by atoms with Gasteiger partial charge in [0.25, 0.3) is 11.8 Å². The van der Waals surface area contributed by atoms with E-state index in [0.29, 0.717) is 16.9 Å². The van der Waals surface area contributed by atoms with Gasteiger partial charge in [-0.2, -0.15) is 11.8 Å². The highest BCUT2D eigenvalue weighted by molar-refractivity contribution is 7.98. The predicted octanol–water partition coefficient (Wildman–Crippen LogP) is 2.47. The highest BCUT2D eigenvalue weighted by Gasteiger charge is 2.43. The summed E-state index contributed by atoms with van der Waals surface area (Å²) in [6.07, 6.45) is 1.95. The minimum Gasteiger partial charge on any atom is -0.272 e. The lowest BCUT2D eigenvalue weighted by Gasteiger charge is -2.23. The first-order valence-corrected chi connectivity index (χ1v) is 7.21. The van der Waals surface area contributed by atoms with Gasteiger partial charge in [-0.25, -0.2) is 0 Å². The number of rotatable bonds is 3. The Labute approximate surface area is 108 Å². The standard InChI is InChI=1S/C13H21NO2S/c1-8(2)14-11(15)9(7-17-6)10(12(14)16)13(3,4)5/h8H,7H2,1-6H3. The smallest absolute Gasteiger partial charge is 0.258 e. The van der Waals surface area contributed by atoms with Gasteiger partial charge in [0, 0.05) is 22.9 Å². The van der Waals surface area contributed by atoms with E-state index in [9.17, 15) is 9.59 Å². The molecule has 0 aliphatic carbocycles. The lowest BCUT2D eigenvalue weighted by atomic mass is 9.84. The molecule has 0 aromatic heterocycles. The molecule has 0 radical (unpaired) electrons. The lowest BCUT2D eigenvalue weighted by molar-refractivity contribution is -0.139. The Balaban J connectivity index is 3.27. The Morgan fingerprint density at radius 3 is 2.06 bits per heavy atom. The van der Waals surface area contributed by atoms with E-state index in [4.69, 9.17) is 0 Å². The van der Waals surface area contributed by atoms with Crippen molar-refractivity contribution in [2.45, 2.75) is 40.7 Å². The fourth-order valence-corrected chi connectivity index (χ4v) is 2.67. The van der Waals surface area contributed by atoms with E-state index in [1.807, 2.05) is 40.9 Å². The first-order chi connectivity index (χ1) is 7.71. The zero-order chi connectivity index (χ0) is 13.4. The van der Waals surface area contributed by atoms with Crippen molar-refractivity contribution in [1.29, 1.82) is 0 Å². The molecule has 0 aromatic rings. The molecular formula is C13H21NO2S. The largest absolute Gasteiger partial charge is 0.272 e. The van der Waals surface area contributed by atoms with Gasteiger partial charge in [0.05, 0.1) is 0 Å². The van der Waals surface area contributed by atoms with Gasteiger partial charge in [0.2, 0.25) is 0 Å². The van der Waals surface area contributed by atoms with Crippen LogP contribution in [0.2, 0.25) is 0 Å². The Hall–Kier alpha value is -0.770. The summed E-state index contributed by atoms with van der Waals surface area (Å²) < 4.78 is 0. The van der Waals surface area contributed by atoms with Gasteiger partial charge in [0.15, 0.2) is 0 Å². The molecule has 0 fully saturated rings. The number of thioether (sulfide) groups is 1. The molecule has 3 nitrogen and oxygen atoms in total. The molecule has 1 heterocycles. The molecular weight excluding hydrogens is 234 g/mol. The summed E-state index contributed by atoms with van der Waals surface area (Å²) in [5.41, 5.74) is 1.09. The van der Waals surface area contributed by atoms with Crippen molar-refractivity contribution < 1.29 is 9.59 Å². The molecule has 17 heavy (non-hydrogen) atoms. The molecule has 2 amide bonds. The molecule has 1 aliphatic heterocycles. The van der Waals surface area contributed by atoms with Gasteiger partial charge in [-0.3, -0.25) is 14.5 Å². The van der Waals surface area contributed by atoms with E-state index in [1.165, 1.54) is 4.90 Å². The Kier molecular flexibility index (Phi) is 4.07. The summed E-state index contributed by atoms with van der Waals surface area (Å²) in [6.45, 7) is 9.70. The van der Waals surface area contributed by atoms with Crippen molar-refractivity contribution in [3.05, 3.63) is 11.1 Å². The molecule has 0 aromatic carbocycles. The van der Waals surface area contributed by atoms with Crippen molar-refractivity contribution in [2.75, 3.05) is 12.0 Å². The Bertz CT molecular complexity index is 377. The van der Waals surface area contributed by atoms with Crippen LogP contribution in [-0.2, 0) is 9.59 Å². The van der Waals surface area contributed by atoms with E-state index < -0.39 is 0 Å². The second-order valence-electron chi connectivity index (χ2n) is 5.61. The van der Waals surface area contributed by atoms with Crippen molar-refractivity contribution >= 4 is 23.6 Å². The number of hydrogen-bond donors (Lipinski definition) is 0. The van der Waals surface area contributed by atoms with Crippen LogP contribution in [0.3, 0.4) is 0 Å². The molecule has 0 unspecified atom stereocenters. The van der Waals surface area contributed by atoms with Crippen LogP contribution < -0.4 is 0 Å². The Morgan fingerprint density at radius 1 is 1.18 bits per heavy atom. The number of nitrogens with zero attached hydrogens (tertiary/aromatic N) is 1. The topological polar surface area (TPSA) is 37.4 Å². The zero-order valence-electron chi connectivity index (χ0n) is 11.5. The lowest BCUT2D eigenvalue weighted by Crippen LogP contribution is -2.38. The zero-order valence-corrected chi connectivity index (χ0v) is 12.3. The molecule has 1 aliphatic rings. The van der Waals surface area contributed by atoms with Gasteiger partial charge in [-0.05, 0) is 25.5 Å². The van der Waals surface area contributed by atoms with E-state index in [1.54, 1.807) is 11.8 Å². The monoisotopic (exact) mass is 255 g/mol. The normalized spacial score (nSPS) is 17.7. The molecule has 1 rings (SSSR count). The number of amides is 2. The second kappa shape index (κ2) is 4.84. The maximum absolute atomic E-state index is 12.3. The number of hydrogen-bond acceptors (Lipinski definition) is 3. The van der Waals surface area contributed by atoms with Crippen molar-refractivity contribution in [2.24, 2.45) is 5.41 Å². The van der Waals surface area contributed by atoms with E-state index >= 15 is 0 Å². The van der Waals surface area contributed by atoms with Gasteiger partial charge in [-0.1, -0.05) is 20.8 Å². The second-order valence-corrected chi connectivity index (χ2v) is 6.48. The summed E-state index contributed by atoms with van der Waals surface area (Å²) in [7, 11) is 0.